The van der Waals surface area contributed by atoms with E-state index in [9.17, 15) is 9.70 Å². The molecule has 0 saturated heterocycles. The summed E-state index contributed by atoms with van der Waals surface area (Å²) in [6.45, 7) is 1.34. The molecular formula is C12H15NO5. The van der Waals surface area contributed by atoms with Crippen molar-refractivity contribution in [3.05, 3.63) is 34.7 Å². The Kier molecular flexibility index (Phi) is 6.60. The van der Waals surface area contributed by atoms with Crippen LogP contribution in [0.5, 0.6) is 0 Å². The summed E-state index contributed by atoms with van der Waals surface area (Å²) < 4.78 is 14.9. The Morgan fingerprint density at radius 3 is 2.61 bits per heavy atom. The van der Waals surface area contributed by atoms with Crippen LogP contribution in [-0.2, 0) is 14.2 Å². The van der Waals surface area contributed by atoms with Crippen molar-refractivity contribution in [2.75, 3.05) is 33.5 Å². The summed E-state index contributed by atoms with van der Waals surface area (Å²) in [7, 11) is 1.58. The van der Waals surface area contributed by atoms with E-state index in [-0.39, 0.29) is 24.5 Å². The lowest BCUT2D eigenvalue weighted by molar-refractivity contribution is 0.0214. The lowest BCUT2D eigenvalue weighted by Crippen LogP contribution is -2.12. The largest absolute Gasteiger partial charge is 0.460 e. The highest BCUT2D eigenvalue weighted by Gasteiger charge is 2.12. The minimum Gasteiger partial charge on any atom is -0.460 e. The number of rotatable bonds is 8. The lowest BCUT2D eigenvalue weighted by Gasteiger charge is -2.06. The topological polar surface area (TPSA) is 74.2 Å². The molecular weight excluding hydrogens is 238 g/mol. The number of carbonyl (C=O) groups is 1. The summed E-state index contributed by atoms with van der Waals surface area (Å²) in [4.78, 5) is 22.1. The molecule has 0 bridgehead atoms. The molecule has 0 spiro atoms. The third-order valence-corrected chi connectivity index (χ3v) is 2.11. The van der Waals surface area contributed by atoms with Gasteiger partial charge in [-0.05, 0) is 17.3 Å². The van der Waals surface area contributed by atoms with Crippen molar-refractivity contribution in [2.45, 2.75) is 0 Å². The SMILES string of the molecule is COCCOCCOC(=O)c1ccccc1N=O. The average Bonchev–Trinajstić information content (AvgIpc) is 2.42. The molecule has 18 heavy (non-hydrogen) atoms. The molecule has 1 aromatic carbocycles. The van der Waals surface area contributed by atoms with Crippen molar-refractivity contribution in [3.63, 3.8) is 0 Å². The van der Waals surface area contributed by atoms with Crippen LogP contribution in [0.1, 0.15) is 10.4 Å². The Bertz CT molecular complexity index is 394. The van der Waals surface area contributed by atoms with Gasteiger partial charge in [0, 0.05) is 7.11 Å². The van der Waals surface area contributed by atoms with Crippen LogP contribution < -0.4 is 0 Å². The maximum atomic E-state index is 11.6. The second-order valence-corrected chi connectivity index (χ2v) is 3.35. The van der Waals surface area contributed by atoms with Crippen molar-refractivity contribution in [1.29, 1.82) is 0 Å². The van der Waals surface area contributed by atoms with Crippen molar-refractivity contribution in [2.24, 2.45) is 5.18 Å². The number of hydrogen-bond donors (Lipinski definition) is 0. The van der Waals surface area contributed by atoms with Crippen LogP contribution in [0, 0.1) is 4.91 Å². The normalized spacial score (nSPS) is 10.1. The zero-order valence-corrected chi connectivity index (χ0v) is 10.1. The van der Waals surface area contributed by atoms with Crippen LogP contribution in [0.3, 0.4) is 0 Å². The smallest absolute Gasteiger partial charge is 0.340 e. The molecule has 0 unspecified atom stereocenters. The molecule has 0 heterocycles. The molecule has 0 fully saturated rings. The van der Waals surface area contributed by atoms with Gasteiger partial charge in [-0.2, -0.15) is 0 Å². The predicted molar refractivity (Wildman–Crippen MR) is 64.9 cm³/mol. The highest BCUT2D eigenvalue weighted by atomic mass is 16.6. The first kappa shape index (κ1) is 14.3. The van der Waals surface area contributed by atoms with E-state index in [2.05, 4.69) is 5.18 Å². The molecule has 6 nitrogen and oxygen atoms in total. The first-order valence-corrected chi connectivity index (χ1v) is 5.45. The zero-order chi connectivity index (χ0) is 13.2. The lowest BCUT2D eigenvalue weighted by atomic mass is 10.2. The van der Waals surface area contributed by atoms with E-state index in [1.807, 2.05) is 0 Å². The quantitative estimate of drug-likeness (QED) is 0.402. The van der Waals surface area contributed by atoms with Crippen LogP contribution in [0.25, 0.3) is 0 Å². The number of nitroso groups, excluding NO2 is 1. The number of ether oxygens (including phenoxy) is 3. The second kappa shape index (κ2) is 8.32. The Morgan fingerprint density at radius 2 is 1.89 bits per heavy atom. The van der Waals surface area contributed by atoms with Crippen LogP contribution >= 0.6 is 0 Å². The summed E-state index contributed by atoms with van der Waals surface area (Å²) in [5.41, 5.74) is 0.229. The fraction of sp³-hybridized carbons (Fsp3) is 0.417. The minimum atomic E-state index is -0.583. The van der Waals surface area contributed by atoms with Crippen molar-refractivity contribution >= 4 is 11.7 Å². The molecule has 0 aliphatic carbocycles. The van der Waals surface area contributed by atoms with Gasteiger partial charge in [-0.25, -0.2) is 4.79 Å². The zero-order valence-electron chi connectivity index (χ0n) is 10.1. The van der Waals surface area contributed by atoms with Crippen LogP contribution in [0.4, 0.5) is 5.69 Å². The summed E-state index contributed by atoms with van der Waals surface area (Å²) in [5, 5.41) is 2.76. The summed E-state index contributed by atoms with van der Waals surface area (Å²) in [6.07, 6.45) is 0. The van der Waals surface area contributed by atoms with E-state index >= 15 is 0 Å². The van der Waals surface area contributed by atoms with E-state index < -0.39 is 5.97 Å². The van der Waals surface area contributed by atoms with E-state index in [0.29, 0.717) is 13.2 Å². The van der Waals surface area contributed by atoms with Crippen LogP contribution in [0.15, 0.2) is 29.4 Å². The summed E-state index contributed by atoms with van der Waals surface area (Å²) in [6, 6.07) is 6.21. The number of methoxy groups -OCH3 is 1. The van der Waals surface area contributed by atoms with Gasteiger partial charge in [-0.15, -0.1) is 4.91 Å². The molecule has 1 aromatic rings. The standard InChI is InChI=1S/C12H15NO5/c1-16-6-7-17-8-9-18-12(14)10-4-2-3-5-11(10)13-15/h2-5H,6-9H2,1H3. The predicted octanol–water partition coefficient (Wildman–Crippen LogP) is 1.90. The van der Waals surface area contributed by atoms with Gasteiger partial charge in [0.15, 0.2) is 0 Å². The van der Waals surface area contributed by atoms with Crippen LogP contribution in [-0.4, -0.2) is 39.5 Å². The molecule has 98 valence electrons. The van der Waals surface area contributed by atoms with E-state index in [0.717, 1.165) is 0 Å². The molecule has 0 radical (unpaired) electrons. The highest BCUT2D eigenvalue weighted by Crippen LogP contribution is 2.18. The first-order valence-electron chi connectivity index (χ1n) is 5.45. The average molecular weight is 253 g/mol. The molecule has 0 saturated carbocycles. The molecule has 0 amide bonds. The molecule has 1 rings (SSSR count). The molecule has 0 aromatic heterocycles. The van der Waals surface area contributed by atoms with Gasteiger partial charge in [0.1, 0.15) is 12.3 Å². The Hall–Kier alpha value is -1.79. The fourth-order valence-electron chi connectivity index (χ4n) is 1.24. The summed E-state index contributed by atoms with van der Waals surface area (Å²) in [5.74, 6) is -0.583. The first-order chi connectivity index (χ1) is 8.79. The Morgan fingerprint density at radius 1 is 1.17 bits per heavy atom. The third kappa shape index (κ3) is 4.60. The van der Waals surface area contributed by atoms with Gasteiger partial charge in [0.25, 0.3) is 0 Å². The van der Waals surface area contributed by atoms with Crippen LogP contribution in [0.2, 0.25) is 0 Å². The monoisotopic (exact) mass is 253 g/mol. The van der Waals surface area contributed by atoms with Gasteiger partial charge in [-0.3, -0.25) is 0 Å². The minimum absolute atomic E-state index is 0.0720. The molecule has 0 aliphatic heterocycles. The van der Waals surface area contributed by atoms with Gasteiger partial charge in [-0.1, -0.05) is 12.1 Å². The molecule has 0 atom stereocenters. The number of benzene rings is 1. The molecule has 0 aliphatic rings. The van der Waals surface area contributed by atoms with E-state index in [1.54, 1.807) is 19.2 Å². The second-order valence-electron chi connectivity index (χ2n) is 3.35. The number of nitrogens with zero attached hydrogens (tertiary/aromatic N) is 1. The van der Waals surface area contributed by atoms with Crippen molar-refractivity contribution < 1.29 is 19.0 Å². The third-order valence-electron chi connectivity index (χ3n) is 2.11. The fourth-order valence-corrected chi connectivity index (χ4v) is 1.24. The van der Waals surface area contributed by atoms with Gasteiger partial charge in [0.2, 0.25) is 0 Å². The maximum Gasteiger partial charge on any atom is 0.340 e. The molecule has 6 heteroatoms. The number of esters is 1. The Balaban J connectivity index is 2.34. The maximum absolute atomic E-state index is 11.6. The molecule has 0 N–H and O–H groups in total. The van der Waals surface area contributed by atoms with E-state index in [1.165, 1.54) is 12.1 Å². The van der Waals surface area contributed by atoms with Crippen molar-refractivity contribution in [3.8, 4) is 0 Å². The number of hydrogen-bond acceptors (Lipinski definition) is 6. The van der Waals surface area contributed by atoms with Gasteiger partial charge < -0.3 is 14.2 Å². The van der Waals surface area contributed by atoms with Gasteiger partial charge in [0.05, 0.1) is 25.4 Å². The van der Waals surface area contributed by atoms with E-state index in [4.69, 9.17) is 14.2 Å². The Labute approximate surface area is 105 Å². The summed E-state index contributed by atoms with van der Waals surface area (Å²) >= 11 is 0. The number of carbonyl (C=O) groups excluding carboxylic acids is 1. The van der Waals surface area contributed by atoms with Gasteiger partial charge >= 0.3 is 5.97 Å². The highest BCUT2D eigenvalue weighted by molar-refractivity contribution is 5.94. The van der Waals surface area contributed by atoms with Crippen molar-refractivity contribution in [1.82, 2.24) is 0 Å².